The molecule has 1 saturated carbocycles. The van der Waals surface area contributed by atoms with Crippen molar-refractivity contribution in [1.82, 2.24) is 9.88 Å². The Kier molecular flexibility index (Phi) is 3.44. The Morgan fingerprint density at radius 1 is 1.45 bits per heavy atom. The standard InChI is InChI=1S/C16H18BrN3O2/c1-15(2,3)22-14(21)20-7-11-12(8-20)16(11,9-18)13-5-4-10(17)6-19-13/h4-6,11-12H,7-8H2,1-3H3/t11-,12+,16?. The zero-order chi connectivity index (χ0) is 16.1. The minimum Gasteiger partial charge on any atom is -0.444 e. The second kappa shape index (κ2) is 4.95. The molecule has 5 nitrogen and oxygen atoms in total. The summed E-state index contributed by atoms with van der Waals surface area (Å²) >= 11 is 3.36. The summed E-state index contributed by atoms with van der Waals surface area (Å²) in [6.45, 7) is 6.68. The van der Waals surface area contributed by atoms with Crippen LogP contribution in [-0.2, 0) is 10.2 Å². The van der Waals surface area contributed by atoms with Crippen LogP contribution in [0.1, 0.15) is 26.5 Å². The van der Waals surface area contributed by atoms with Gasteiger partial charge in [0.2, 0.25) is 0 Å². The first kappa shape index (κ1) is 15.3. The van der Waals surface area contributed by atoms with E-state index in [1.807, 2.05) is 32.9 Å². The molecule has 116 valence electrons. The Morgan fingerprint density at radius 3 is 2.55 bits per heavy atom. The highest BCUT2D eigenvalue weighted by atomic mass is 79.9. The molecular weight excluding hydrogens is 346 g/mol. The molecule has 22 heavy (non-hydrogen) atoms. The summed E-state index contributed by atoms with van der Waals surface area (Å²) in [5, 5.41) is 9.66. The SMILES string of the molecule is CC(C)(C)OC(=O)N1C[C@@H]2[C@H](C1)C2(C#N)c1ccc(Br)cn1. The Labute approximate surface area is 138 Å². The number of likely N-dealkylation sites (tertiary alicyclic amines) is 1. The number of pyridine rings is 1. The van der Waals surface area contributed by atoms with Crippen molar-refractivity contribution in [2.24, 2.45) is 11.8 Å². The van der Waals surface area contributed by atoms with E-state index < -0.39 is 11.0 Å². The van der Waals surface area contributed by atoms with Crippen LogP contribution >= 0.6 is 15.9 Å². The summed E-state index contributed by atoms with van der Waals surface area (Å²) in [5.41, 5.74) is -0.236. The van der Waals surface area contributed by atoms with Crippen molar-refractivity contribution in [3.8, 4) is 6.07 Å². The topological polar surface area (TPSA) is 66.2 Å². The molecule has 1 aromatic heterocycles. The molecule has 0 radical (unpaired) electrons. The molecule has 2 fully saturated rings. The van der Waals surface area contributed by atoms with Gasteiger partial charge in [0.1, 0.15) is 11.0 Å². The quantitative estimate of drug-likeness (QED) is 0.768. The van der Waals surface area contributed by atoms with E-state index in [2.05, 4.69) is 27.0 Å². The summed E-state index contributed by atoms with van der Waals surface area (Å²) in [4.78, 5) is 18.2. The van der Waals surface area contributed by atoms with Crippen LogP contribution in [0.2, 0.25) is 0 Å². The van der Waals surface area contributed by atoms with E-state index in [-0.39, 0.29) is 17.9 Å². The highest BCUT2D eigenvalue weighted by Gasteiger charge is 2.71. The maximum absolute atomic E-state index is 12.1. The lowest BCUT2D eigenvalue weighted by atomic mass is 9.96. The van der Waals surface area contributed by atoms with Gasteiger partial charge in [-0.2, -0.15) is 5.26 Å². The lowest BCUT2D eigenvalue weighted by Gasteiger charge is -2.27. The normalized spacial score (nSPS) is 29.7. The second-order valence-electron chi connectivity index (χ2n) is 6.94. The van der Waals surface area contributed by atoms with Gasteiger partial charge in [-0.05, 0) is 48.8 Å². The summed E-state index contributed by atoms with van der Waals surface area (Å²) in [5.74, 6) is 0.303. The monoisotopic (exact) mass is 363 g/mol. The smallest absolute Gasteiger partial charge is 0.410 e. The third kappa shape index (κ3) is 2.38. The second-order valence-corrected chi connectivity index (χ2v) is 7.86. The van der Waals surface area contributed by atoms with E-state index in [9.17, 15) is 10.1 Å². The van der Waals surface area contributed by atoms with E-state index in [1.165, 1.54) is 0 Å². The van der Waals surface area contributed by atoms with Gasteiger partial charge in [-0.15, -0.1) is 0 Å². The summed E-state index contributed by atoms with van der Waals surface area (Å²) in [6, 6.07) is 6.24. The number of aromatic nitrogens is 1. The van der Waals surface area contributed by atoms with Crippen LogP contribution in [0, 0.1) is 23.2 Å². The highest BCUT2D eigenvalue weighted by molar-refractivity contribution is 9.10. The number of carbonyl (C=O) groups is 1. The lowest BCUT2D eigenvalue weighted by Crippen LogP contribution is -2.39. The van der Waals surface area contributed by atoms with Crippen molar-refractivity contribution in [2.75, 3.05) is 13.1 Å². The van der Waals surface area contributed by atoms with Crippen molar-refractivity contribution in [1.29, 1.82) is 5.26 Å². The number of amides is 1. The molecule has 3 rings (SSSR count). The van der Waals surface area contributed by atoms with Gasteiger partial charge < -0.3 is 9.64 Å². The van der Waals surface area contributed by atoms with Gasteiger partial charge in [0.15, 0.2) is 0 Å². The number of hydrogen-bond acceptors (Lipinski definition) is 4. The average Bonchev–Trinajstić information content (AvgIpc) is 2.81. The molecule has 1 unspecified atom stereocenters. The largest absolute Gasteiger partial charge is 0.444 e. The van der Waals surface area contributed by atoms with E-state index in [1.54, 1.807) is 11.1 Å². The van der Waals surface area contributed by atoms with Gasteiger partial charge in [0.05, 0.1) is 11.8 Å². The average molecular weight is 364 g/mol. The number of carbonyl (C=O) groups excluding carboxylic acids is 1. The zero-order valence-electron chi connectivity index (χ0n) is 12.8. The molecular formula is C16H18BrN3O2. The van der Waals surface area contributed by atoms with Crippen LogP contribution in [0.15, 0.2) is 22.8 Å². The van der Waals surface area contributed by atoms with Crippen molar-refractivity contribution >= 4 is 22.0 Å². The Balaban J connectivity index is 1.72. The number of hydrogen-bond donors (Lipinski definition) is 0. The van der Waals surface area contributed by atoms with Crippen LogP contribution in [0.3, 0.4) is 0 Å². The predicted octanol–water partition coefficient (Wildman–Crippen LogP) is 3.10. The first-order chi connectivity index (χ1) is 10.3. The summed E-state index contributed by atoms with van der Waals surface area (Å²) < 4.78 is 6.29. The minimum absolute atomic E-state index is 0.152. The lowest BCUT2D eigenvalue weighted by molar-refractivity contribution is 0.0265. The van der Waals surface area contributed by atoms with Crippen molar-refractivity contribution in [3.63, 3.8) is 0 Å². The molecule has 1 aliphatic heterocycles. The van der Waals surface area contributed by atoms with Crippen molar-refractivity contribution < 1.29 is 9.53 Å². The fourth-order valence-corrected chi connectivity index (χ4v) is 3.56. The maximum Gasteiger partial charge on any atom is 0.410 e. The fourth-order valence-electron chi connectivity index (χ4n) is 3.33. The molecule has 2 heterocycles. The van der Waals surface area contributed by atoms with E-state index >= 15 is 0 Å². The highest BCUT2D eigenvalue weighted by Crippen LogP contribution is 2.62. The van der Waals surface area contributed by atoms with Gasteiger partial charge in [-0.25, -0.2) is 4.79 Å². The predicted molar refractivity (Wildman–Crippen MR) is 84.0 cm³/mol. The number of fused-ring (bicyclic) bond motifs is 1. The first-order valence-electron chi connectivity index (χ1n) is 7.29. The van der Waals surface area contributed by atoms with Gasteiger partial charge in [0, 0.05) is 35.6 Å². The third-order valence-electron chi connectivity index (χ3n) is 4.37. The van der Waals surface area contributed by atoms with Gasteiger partial charge in [0.25, 0.3) is 0 Å². The Bertz CT molecular complexity index is 633. The van der Waals surface area contributed by atoms with Crippen LogP contribution < -0.4 is 0 Å². The van der Waals surface area contributed by atoms with E-state index in [0.29, 0.717) is 13.1 Å². The molecule has 2 aliphatic rings. The fraction of sp³-hybridized carbons (Fsp3) is 0.562. The molecule has 1 amide bonds. The Morgan fingerprint density at radius 2 is 2.09 bits per heavy atom. The van der Waals surface area contributed by atoms with Gasteiger partial charge in [-0.3, -0.25) is 4.98 Å². The number of piperidine rings is 1. The Hall–Kier alpha value is -1.61. The molecule has 0 aromatic carbocycles. The summed E-state index contributed by atoms with van der Waals surface area (Å²) in [6.07, 6.45) is 1.42. The zero-order valence-corrected chi connectivity index (χ0v) is 14.4. The van der Waals surface area contributed by atoms with Crippen LogP contribution in [0.25, 0.3) is 0 Å². The molecule has 3 atom stereocenters. The van der Waals surface area contributed by atoms with E-state index in [4.69, 9.17) is 4.74 Å². The molecule has 0 spiro atoms. The molecule has 1 aliphatic carbocycles. The molecule has 1 saturated heterocycles. The molecule has 0 bridgehead atoms. The first-order valence-corrected chi connectivity index (χ1v) is 8.08. The molecule has 6 heteroatoms. The van der Waals surface area contributed by atoms with Gasteiger partial charge in [-0.1, -0.05) is 0 Å². The van der Waals surface area contributed by atoms with Crippen molar-refractivity contribution in [3.05, 3.63) is 28.5 Å². The van der Waals surface area contributed by atoms with Crippen LogP contribution in [0.4, 0.5) is 4.79 Å². The molecule has 0 N–H and O–H groups in total. The van der Waals surface area contributed by atoms with Gasteiger partial charge >= 0.3 is 6.09 Å². The number of rotatable bonds is 1. The number of nitrogens with zero attached hydrogens (tertiary/aromatic N) is 3. The third-order valence-corrected chi connectivity index (χ3v) is 4.84. The number of nitriles is 1. The summed E-state index contributed by atoms with van der Waals surface area (Å²) in [7, 11) is 0. The van der Waals surface area contributed by atoms with Crippen LogP contribution in [-0.4, -0.2) is 34.7 Å². The van der Waals surface area contributed by atoms with E-state index in [0.717, 1.165) is 10.2 Å². The number of ether oxygens (including phenoxy) is 1. The van der Waals surface area contributed by atoms with Crippen LogP contribution in [0.5, 0.6) is 0 Å². The number of halogens is 1. The van der Waals surface area contributed by atoms with Crippen molar-refractivity contribution in [2.45, 2.75) is 31.8 Å². The maximum atomic E-state index is 12.1. The molecule has 1 aromatic rings. The minimum atomic E-state index is -0.542.